The number of piperidine rings is 1. The Kier molecular flexibility index (Phi) is 4.55. The Morgan fingerprint density at radius 1 is 1.40 bits per heavy atom. The third-order valence-corrected chi connectivity index (χ3v) is 4.11. The fourth-order valence-electron chi connectivity index (χ4n) is 2.47. The molecule has 4 nitrogen and oxygen atoms in total. The van der Waals surface area contributed by atoms with E-state index in [2.05, 4.69) is 10.6 Å². The number of hydrogen-bond acceptors (Lipinski definition) is 3. The van der Waals surface area contributed by atoms with Crippen molar-refractivity contribution in [1.82, 2.24) is 5.32 Å². The molecular formula is C15H22ClN3O. The van der Waals surface area contributed by atoms with Crippen LogP contribution in [0.25, 0.3) is 0 Å². The number of nitrogens with zero attached hydrogens (tertiary/aromatic N) is 1. The molecule has 2 rings (SSSR count). The molecule has 1 heterocycles. The van der Waals surface area contributed by atoms with Gasteiger partial charge in [-0.1, -0.05) is 11.6 Å². The van der Waals surface area contributed by atoms with Crippen LogP contribution in [0.2, 0.25) is 5.02 Å². The van der Waals surface area contributed by atoms with Gasteiger partial charge in [0.25, 0.3) is 0 Å². The molecule has 1 aliphatic rings. The van der Waals surface area contributed by atoms with E-state index in [9.17, 15) is 4.79 Å². The molecule has 20 heavy (non-hydrogen) atoms. The van der Waals surface area contributed by atoms with Crippen molar-refractivity contribution in [3.05, 3.63) is 23.2 Å². The SMILES string of the molecule is CN(C)c1ccc(NC(=O)C2(C)CCCCN2)cc1Cl. The number of benzene rings is 1. The summed E-state index contributed by atoms with van der Waals surface area (Å²) in [7, 11) is 3.87. The van der Waals surface area contributed by atoms with E-state index >= 15 is 0 Å². The lowest BCUT2D eigenvalue weighted by Crippen LogP contribution is -2.54. The topological polar surface area (TPSA) is 44.4 Å². The van der Waals surface area contributed by atoms with E-state index < -0.39 is 5.54 Å². The number of rotatable bonds is 3. The van der Waals surface area contributed by atoms with E-state index in [-0.39, 0.29) is 5.91 Å². The Balaban J connectivity index is 2.10. The molecular weight excluding hydrogens is 274 g/mol. The molecule has 5 heteroatoms. The van der Waals surface area contributed by atoms with E-state index in [1.54, 1.807) is 6.07 Å². The zero-order valence-corrected chi connectivity index (χ0v) is 13.0. The Hall–Kier alpha value is -1.26. The van der Waals surface area contributed by atoms with E-state index in [1.807, 2.05) is 38.1 Å². The average molecular weight is 296 g/mol. The first-order valence-corrected chi connectivity index (χ1v) is 7.33. The first kappa shape index (κ1) is 15.1. The van der Waals surface area contributed by atoms with Gasteiger partial charge in [-0.05, 0) is 50.9 Å². The van der Waals surface area contributed by atoms with Crippen LogP contribution in [0.15, 0.2) is 18.2 Å². The second kappa shape index (κ2) is 6.02. The highest BCUT2D eigenvalue weighted by Gasteiger charge is 2.34. The van der Waals surface area contributed by atoms with Crippen molar-refractivity contribution in [2.75, 3.05) is 30.9 Å². The molecule has 1 fully saturated rings. The maximum Gasteiger partial charge on any atom is 0.244 e. The lowest BCUT2D eigenvalue weighted by atomic mass is 9.90. The Morgan fingerprint density at radius 2 is 2.15 bits per heavy atom. The third-order valence-electron chi connectivity index (χ3n) is 3.81. The minimum Gasteiger partial charge on any atom is -0.376 e. The molecule has 1 aromatic carbocycles. The van der Waals surface area contributed by atoms with Crippen LogP contribution in [0.4, 0.5) is 11.4 Å². The highest BCUT2D eigenvalue weighted by Crippen LogP contribution is 2.28. The normalized spacial score (nSPS) is 22.4. The largest absolute Gasteiger partial charge is 0.376 e. The zero-order valence-electron chi connectivity index (χ0n) is 12.3. The summed E-state index contributed by atoms with van der Waals surface area (Å²) in [4.78, 5) is 14.3. The van der Waals surface area contributed by atoms with Crippen molar-refractivity contribution in [3.63, 3.8) is 0 Å². The van der Waals surface area contributed by atoms with Crippen LogP contribution in [0.3, 0.4) is 0 Å². The Morgan fingerprint density at radius 3 is 2.70 bits per heavy atom. The summed E-state index contributed by atoms with van der Waals surface area (Å²) < 4.78 is 0. The van der Waals surface area contributed by atoms with Crippen molar-refractivity contribution in [2.24, 2.45) is 0 Å². The molecule has 1 aliphatic heterocycles. The van der Waals surface area contributed by atoms with Crippen molar-refractivity contribution >= 4 is 28.9 Å². The van der Waals surface area contributed by atoms with E-state index in [0.717, 1.165) is 37.2 Å². The summed E-state index contributed by atoms with van der Waals surface area (Å²) in [5.41, 5.74) is 1.19. The molecule has 2 N–H and O–H groups in total. The highest BCUT2D eigenvalue weighted by molar-refractivity contribution is 6.33. The van der Waals surface area contributed by atoms with Gasteiger partial charge in [-0.3, -0.25) is 4.79 Å². The third kappa shape index (κ3) is 3.25. The minimum absolute atomic E-state index is 0.00543. The predicted molar refractivity (Wildman–Crippen MR) is 84.7 cm³/mol. The van der Waals surface area contributed by atoms with E-state index in [0.29, 0.717) is 5.02 Å². The quantitative estimate of drug-likeness (QED) is 0.901. The summed E-state index contributed by atoms with van der Waals surface area (Å²) in [6.07, 6.45) is 3.08. The number of carbonyl (C=O) groups excluding carboxylic acids is 1. The van der Waals surface area contributed by atoms with Gasteiger partial charge < -0.3 is 15.5 Å². The number of amides is 1. The highest BCUT2D eigenvalue weighted by atomic mass is 35.5. The molecule has 1 amide bonds. The molecule has 110 valence electrons. The van der Waals surface area contributed by atoms with Crippen LogP contribution in [0.5, 0.6) is 0 Å². The summed E-state index contributed by atoms with van der Waals surface area (Å²) in [6, 6.07) is 5.58. The van der Waals surface area contributed by atoms with Gasteiger partial charge in [0, 0.05) is 19.8 Å². The van der Waals surface area contributed by atoms with Crippen LogP contribution in [0, 0.1) is 0 Å². The summed E-state index contributed by atoms with van der Waals surface area (Å²) >= 11 is 6.22. The van der Waals surface area contributed by atoms with Crippen LogP contribution in [-0.2, 0) is 4.79 Å². The summed E-state index contributed by atoms with van der Waals surface area (Å²) in [6.45, 7) is 2.85. The standard InChI is InChI=1S/C15H22ClN3O/c1-15(8-4-5-9-17-15)14(20)18-11-6-7-13(19(2)3)12(16)10-11/h6-7,10,17H,4-5,8-9H2,1-3H3,(H,18,20). The lowest BCUT2D eigenvalue weighted by Gasteiger charge is -2.33. The van der Waals surface area contributed by atoms with Gasteiger partial charge in [-0.15, -0.1) is 0 Å². The van der Waals surface area contributed by atoms with Gasteiger partial charge in [-0.25, -0.2) is 0 Å². The zero-order chi connectivity index (χ0) is 14.8. The first-order valence-electron chi connectivity index (χ1n) is 6.96. The second-order valence-corrected chi connectivity index (χ2v) is 6.14. The van der Waals surface area contributed by atoms with Gasteiger partial charge in [0.05, 0.1) is 16.2 Å². The molecule has 0 bridgehead atoms. The monoisotopic (exact) mass is 295 g/mol. The van der Waals surface area contributed by atoms with Crippen LogP contribution >= 0.6 is 11.6 Å². The Bertz CT molecular complexity index is 496. The summed E-state index contributed by atoms with van der Waals surface area (Å²) in [5.74, 6) is 0.00543. The predicted octanol–water partition coefficient (Wildman–Crippen LogP) is 2.88. The molecule has 0 aromatic heterocycles. The molecule has 0 aliphatic carbocycles. The van der Waals surface area contributed by atoms with Gasteiger partial charge >= 0.3 is 0 Å². The summed E-state index contributed by atoms with van der Waals surface area (Å²) in [5, 5.41) is 6.90. The maximum atomic E-state index is 12.4. The molecule has 1 aromatic rings. The number of anilines is 2. The van der Waals surface area contributed by atoms with Crippen LogP contribution in [0.1, 0.15) is 26.2 Å². The molecule has 0 saturated carbocycles. The van der Waals surface area contributed by atoms with Crippen molar-refractivity contribution < 1.29 is 4.79 Å². The molecule has 1 unspecified atom stereocenters. The van der Waals surface area contributed by atoms with Crippen molar-refractivity contribution in [1.29, 1.82) is 0 Å². The van der Waals surface area contributed by atoms with Gasteiger partial charge in [0.2, 0.25) is 5.91 Å². The minimum atomic E-state index is -0.481. The van der Waals surface area contributed by atoms with Crippen molar-refractivity contribution in [2.45, 2.75) is 31.7 Å². The molecule has 0 spiro atoms. The number of halogens is 1. The smallest absolute Gasteiger partial charge is 0.244 e. The average Bonchev–Trinajstić information content (AvgIpc) is 2.39. The number of hydrogen-bond donors (Lipinski definition) is 2. The number of nitrogens with one attached hydrogen (secondary N) is 2. The van der Waals surface area contributed by atoms with Crippen molar-refractivity contribution in [3.8, 4) is 0 Å². The maximum absolute atomic E-state index is 12.4. The fraction of sp³-hybridized carbons (Fsp3) is 0.533. The Labute approximate surface area is 125 Å². The first-order chi connectivity index (χ1) is 9.42. The van der Waals surface area contributed by atoms with Gasteiger partial charge in [-0.2, -0.15) is 0 Å². The van der Waals surface area contributed by atoms with Crippen LogP contribution in [-0.4, -0.2) is 32.1 Å². The van der Waals surface area contributed by atoms with Gasteiger partial charge in [0.1, 0.15) is 0 Å². The van der Waals surface area contributed by atoms with Crippen LogP contribution < -0.4 is 15.5 Å². The number of carbonyl (C=O) groups is 1. The van der Waals surface area contributed by atoms with Gasteiger partial charge in [0.15, 0.2) is 0 Å². The second-order valence-electron chi connectivity index (χ2n) is 5.73. The lowest BCUT2D eigenvalue weighted by molar-refractivity contribution is -0.122. The fourth-order valence-corrected chi connectivity index (χ4v) is 2.82. The molecule has 1 atom stereocenters. The molecule has 1 saturated heterocycles. The molecule has 0 radical (unpaired) electrons. The van der Waals surface area contributed by atoms with E-state index in [4.69, 9.17) is 11.6 Å². The van der Waals surface area contributed by atoms with E-state index in [1.165, 1.54) is 0 Å².